The van der Waals surface area contributed by atoms with Gasteiger partial charge in [0.05, 0.1) is 0 Å². The summed E-state index contributed by atoms with van der Waals surface area (Å²) in [4.78, 5) is 0. The van der Waals surface area contributed by atoms with E-state index < -0.39 is 0 Å². The lowest BCUT2D eigenvalue weighted by atomic mass is 9.53. The van der Waals surface area contributed by atoms with Crippen LogP contribution in [0, 0.1) is 61.6 Å². The molecule has 0 saturated heterocycles. The molecular formula is C39H78. The van der Waals surface area contributed by atoms with Crippen molar-refractivity contribution >= 4 is 0 Å². The minimum atomic E-state index is 0.460. The summed E-state index contributed by atoms with van der Waals surface area (Å²) in [5, 5.41) is 0. The molecule has 3 saturated carbocycles. The van der Waals surface area contributed by atoms with Gasteiger partial charge in [0, 0.05) is 0 Å². The van der Waals surface area contributed by atoms with E-state index in [1.807, 2.05) is 0 Å². The van der Waals surface area contributed by atoms with Crippen molar-refractivity contribution in [3.05, 3.63) is 0 Å². The predicted octanol–water partition coefficient (Wildman–Crippen LogP) is 13.6. The van der Waals surface area contributed by atoms with Gasteiger partial charge in [-0.25, -0.2) is 0 Å². The van der Waals surface area contributed by atoms with E-state index in [1.165, 1.54) is 64.2 Å². The van der Waals surface area contributed by atoms with Gasteiger partial charge in [-0.2, -0.15) is 0 Å². The molecule has 0 aliphatic heterocycles. The van der Waals surface area contributed by atoms with Gasteiger partial charge in [-0.3, -0.25) is 0 Å². The lowest BCUT2D eigenvalue weighted by Crippen LogP contribution is -2.44. The largest absolute Gasteiger partial charge is 0.0599 e. The molecule has 4 unspecified atom stereocenters. The van der Waals surface area contributed by atoms with Gasteiger partial charge >= 0.3 is 0 Å². The first kappa shape index (κ1) is 37.0. The Balaban J connectivity index is 0.000000292. The Hall–Kier alpha value is 0. The molecule has 0 nitrogen and oxygen atoms in total. The van der Waals surface area contributed by atoms with E-state index in [-0.39, 0.29) is 0 Å². The Kier molecular flexibility index (Phi) is 12.1. The predicted molar refractivity (Wildman–Crippen MR) is 179 cm³/mol. The maximum Gasteiger partial charge on any atom is -0.0200 e. The van der Waals surface area contributed by atoms with Crippen molar-refractivity contribution in [1.82, 2.24) is 0 Å². The van der Waals surface area contributed by atoms with E-state index in [0.29, 0.717) is 37.9 Å². The molecule has 0 N–H and O–H groups in total. The van der Waals surface area contributed by atoms with Crippen molar-refractivity contribution in [2.75, 3.05) is 0 Å². The van der Waals surface area contributed by atoms with Crippen LogP contribution >= 0.6 is 0 Å². The zero-order valence-electron chi connectivity index (χ0n) is 30.9. The number of rotatable bonds is 0. The van der Waals surface area contributed by atoms with Crippen LogP contribution in [-0.2, 0) is 0 Å². The molecule has 0 aromatic carbocycles. The fourth-order valence-electron chi connectivity index (χ4n) is 9.19. The lowest BCUT2D eigenvalue weighted by molar-refractivity contribution is -0.0253. The van der Waals surface area contributed by atoms with Crippen LogP contribution in [0.15, 0.2) is 0 Å². The third kappa shape index (κ3) is 10.1. The highest BCUT2D eigenvalue weighted by Gasteiger charge is 2.51. The van der Waals surface area contributed by atoms with Crippen molar-refractivity contribution < 1.29 is 0 Å². The maximum atomic E-state index is 2.42. The number of hydrogen-bond donors (Lipinski definition) is 0. The first-order valence-corrected chi connectivity index (χ1v) is 17.1. The van der Waals surface area contributed by atoms with Crippen molar-refractivity contribution in [3.8, 4) is 0 Å². The molecule has 0 amide bonds. The van der Waals surface area contributed by atoms with E-state index in [2.05, 4.69) is 125 Å². The summed E-state index contributed by atoms with van der Waals surface area (Å²) in [6.45, 7) is 43.3. The first-order chi connectivity index (χ1) is 17.1. The van der Waals surface area contributed by atoms with E-state index in [4.69, 9.17) is 0 Å². The average Bonchev–Trinajstić information content (AvgIpc) is 3.45. The summed E-state index contributed by atoms with van der Waals surface area (Å²) in [7, 11) is 0. The van der Waals surface area contributed by atoms with E-state index >= 15 is 0 Å². The van der Waals surface area contributed by atoms with E-state index in [1.54, 1.807) is 0 Å². The molecular weight excluding hydrogens is 468 g/mol. The van der Waals surface area contributed by atoms with Crippen molar-refractivity contribution in [3.63, 3.8) is 0 Å². The van der Waals surface area contributed by atoms with Crippen LogP contribution in [0.5, 0.6) is 0 Å². The van der Waals surface area contributed by atoms with E-state index in [0.717, 1.165) is 23.7 Å². The highest BCUT2D eigenvalue weighted by atomic mass is 14.6. The molecule has 3 fully saturated rings. The fourth-order valence-corrected chi connectivity index (χ4v) is 9.19. The SMILES string of the molecule is CC(C)(C)C1(C(C)(C)C)CCCC1.CC(C)(C)C1CCC(C(C)(C)C)C1.CC(C)(C)C1CCCC1C(C)(C)C. The Labute approximate surface area is 250 Å². The summed E-state index contributed by atoms with van der Waals surface area (Å²) in [5.74, 6) is 3.79. The Morgan fingerprint density at radius 3 is 0.872 bits per heavy atom. The Morgan fingerprint density at radius 1 is 0.385 bits per heavy atom. The van der Waals surface area contributed by atoms with Crippen LogP contribution in [0.25, 0.3) is 0 Å². The molecule has 3 rings (SSSR count). The number of hydrogen-bond acceptors (Lipinski definition) is 0. The minimum absolute atomic E-state index is 0.460. The molecule has 0 heterocycles. The molecule has 39 heavy (non-hydrogen) atoms. The molecule has 3 aliphatic rings. The molecule has 0 heteroatoms. The van der Waals surface area contributed by atoms with Gasteiger partial charge in [-0.05, 0) is 107 Å². The average molecular weight is 547 g/mol. The van der Waals surface area contributed by atoms with Crippen molar-refractivity contribution in [2.45, 2.75) is 189 Å². The van der Waals surface area contributed by atoms with Gasteiger partial charge in [0.1, 0.15) is 0 Å². The lowest BCUT2D eigenvalue weighted by Gasteiger charge is -2.52. The molecule has 0 spiro atoms. The standard InChI is InChI=1S/3C13H26/c1-12(2,3)10-7-8-11(9-10)13(4,5)6;1-12(2,3)10-8-7-9-11(10)13(4,5)6;1-11(2,3)13(12(4,5)6)9-7-8-10-13/h2*10-11H,7-9H2,1-6H3;7-10H2,1-6H3. The summed E-state index contributed by atoms with van der Waals surface area (Å²) >= 11 is 0. The van der Waals surface area contributed by atoms with Gasteiger partial charge in [0.15, 0.2) is 0 Å². The van der Waals surface area contributed by atoms with Crippen LogP contribution < -0.4 is 0 Å². The highest BCUT2D eigenvalue weighted by Crippen LogP contribution is 2.60. The monoisotopic (exact) mass is 547 g/mol. The summed E-state index contributed by atoms with van der Waals surface area (Å²) in [6.07, 6.45) is 14.4. The van der Waals surface area contributed by atoms with E-state index in [9.17, 15) is 0 Å². The van der Waals surface area contributed by atoms with Crippen LogP contribution in [-0.4, -0.2) is 0 Å². The van der Waals surface area contributed by atoms with Crippen LogP contribution in [0.1, 0.15) is 189 Å². The van der Waals surface area contributed by atoms with Crippen molar-refractivity contribution in [2.24, 2.45) is 61.6 Å². The fraction of sp³-hybridized carbons (Fsp3) is 1.00. The molecule has 0 bridgehead atoms. The normalized spacial score (nSPS) is 28.5. The second kappa shape index (κ2) is 12.7. The summed E-state index contributed by atoms with van der Waals surface area (Å²) in [6, 6.07) is 0. The van der Waals surface area contributed by atoms with Crippen LogP contribution in [0.2, 0.25) is 0 Å². The summed E-state index contributed by atoms with van der Waals surface area (Å²) in [5.41, 5.74) is 3.56. The summed E-state index contributed by atoms with van der Waals surface area (Å²) < 4.78 is 0. The molecule has 0 radical (unpaired) electrons. The Morgan fingerprint density at radius 2 is 0.692 bits per heavy atom. The molecule has 3 aliphatic carbocycles. The second-order valence-electron chi connectivity index (χ2n) is 20.6. The van der Waals surface area contributed by atoms with Gasteiger partial charge in [0.2, 0.25) is 0 Å². The van der Waals surface area contributed by atoms with Gasteiger partial charge in [0.25, 0.3) is 0 Å². The maximum absolute atomic E-state index is 2.42. The topological polar surface area (TPSA) is 0 Å². The van der Waals surface area contributed by atoms with Crippen LogP contribution in [0.4, 0.5) is 0 Å². The van der Waals surface area contributed by atoms with Gasteiger partial charge in [-0.15, -0.1) is 0 Å². The van der Waals surface area contributed by atoms with Gasteiger partial charge in [-0.1, -0.05) is 144 Å². The van der Waals surface area contributed by atoms with Gasteiger partial charge < -0.3 is 0 Å². The molecule has 234 valence electrons. The highest BCUT2D eigenvalue weighted by molar-refractivity contribution is 5.01. The quantitative estimate of drug-likeness (QED) is 0.283. The zero-order chi connectivity index (χ0) is 30.9. The molecule has 4 atom stereocenters. The smallest absolute Gasteiger partial charge is 0.0200 e. The molecule has 0 aromatic heterocycles. The minimum Gasteiger partial charge on any atom is -0.0599 e. The first-order valence-electron chi connectivity index (χ1n) is 17.1. The van der Waals surface area contributed by atoms with Crippen LogP contribution in [0.3, 0.4) is 0 Å². The molecule has 0 aromatic rings. The second-order valence-corrected chi connectivity index (χ2v) is 20.6. The third-order valence-electron chi connectivity index (χ3n) is 12.0. The Bertz CT molecular complexity index is 647. The third-order valence-corrected chi connectivity index (χ3v) is 12.0. The van der Waals surface area contributed by atoms with Crippen molar-refractivity contribution in [1.29, 1.82) is 0 Å². The zero-order valence-corrected chi connectivity index (χ0v) is 30.9.